The lowest BCUT2D eigenvalue weighted by molar-refractivity contribution is -0.114. The van der Waals surface area contributed by atoms with Gasteiger partial charge < -0.3 is 15.0 Å². The van der Waals surface area contributed by atoms with Gasteiger partial charge in [-0.2, -0.15) is 5.26 Å². The van der Waals surface area contributed by atoms with Crippen LogP contribution in [-0.4, -0.2) is 26.6 Å². The van der Waals surface area contributed by atoms with E-state index in [1.165, 1.54) is 11.3 Å². The van der Waals surface area contributed by atoms with Gasteiger partial charge in [0.25, 0.3) is 0 Å². The van der Waals surface area contributed by atoms with Gasteiger partial charge in [0.15, 0.2) is 0 Å². The molecule has 5 nitrogen and oxygen atoms in total. The number of nitrogens with zero attached hydrogens (tertiary/aromatic N) is 2. The summed E-state index contributed by atoms with van der Waals surface area (Å²) in [5, 5.41) is 13.2. The second-order valence-electron chi connectivity index (χ2n) is 6.46. The number of ether oxygens (including phenoxy) is 1. The Bertz CT molecular complexity index is 838. The van der Waals surface area contributed by atoms with Crippen molar-refractivity contribution in [1.82, 2.24) is 0 Å². The van der Waals surface area contributed by atoms with E-state index >= 15 is 0 Å². The lowest BCUT2D eigenvalue weighted by Crippen LogP contribution is -2.30. The topological polar surface area (TPSA) is 65.4 Å². The highest BCUT2D eigenvalue weighted by atomic mass is 32.1. The molecule has 6 heteroatoms. The van der Waals surface area contributed by atoms with Gasteiger partial charge in [0, 0.05) is 11.9 Å². The number of likely N-dealkylation sites (N-methyl/N-ethyl adjacent to an activating group) is 1. The van der Waals surface area contributed by atoms with Crippen LogP contribution in [0.2, 0.25) is 0 Å². The van der Waals surface area contributed by atoms with Crippen LogP contribution in [0.25, 0.3) is 0 Å². The zero-order valence-electron chi connectivity index (χ0n) is 15.2. The maximum atomic E-state index is 12.5. The number of hydrogen-bond donors (Lipinski definition) is 1. The molecule has 1 amide bonds. The van der Waals surface area contributed by atoms with Crippen LogP contribution in [0, 0.1) is 11.3 Å². The zero-order valence-corrected chi connectivity index (χ0v) is 16.0. The number of fused-ring (bicyclic) bond motifs is 1. The molecule has 1 aliphatic rings. The number of nitriles is 1. The van der Waals surface area contributed by atoms with Crippen LogP contribution in [0.15, 0.2) is 24.3 Å². The van der Waals surface area contributed by atoms with Crippen molar-refractivity contribution in [2.24, 2.45) is 0 Å². The minimum atomic E-state index is -0.133. The van der Waals surface area contributed by atoms with Crippen molar-refractivity contribution < 1.29 is 9.53 Å². The monoisotopic (exact) mass is 369 g/mol. The van der Waals surface area contributed by atoms with Crippen LogP contribution < -0.4 is 15.0 Å². The molecule has 3 rings (SSSR count). The second-order valence-corrected chi connectivity index (χ2v) is 7.56. The normalized spacial score (nSPS) is 13.3. The molecule has 1 aliphatic carbocycles. The summed E-state index contributed by atoms with van der Waals surface area (Å²) >= 11 is 1.56. The molecule has 0 saturated carbocycles. The van der Waals surface area contributed by atoms with Crippen LogP contribution in [0.4, 0.5) is 10.7 Å². The van der Waals surface area contributed by atoms with Crippen molar-refractivity contribution in [2.45, 2.75) is 32.1 Å². The molecule has 0 saturated heterocycles. The number of benzene rings is 1. The molecular formula is C20H23N3O2S. The molecule has 0 atom stereocenters. The standard InChI is InChI=1S/C20H23N3O2S/c1-23(16-9-6-7-10-17(16)25-2)13-19(24)22-20-15(12-21)14-8-4-3-5-11-18(14)26-20/h6-7,9-10H,3-5,8,11,13H2,1-2H3,(H,22,24). The minimum Gasteiger partial charge on any atom is -0.495 e. The van der Waals surface area contributed by atoms with Crippen LogP contribution in [0.1, 0.15) is 35.3 Å². The maximum absolute atomic E-state index is 12.5. The fraction of sp³-hybridized carbons (Fsp3) is 0.400. The number of aryl methyl sites for hydroxylation is 1. The Kier molecular flexibility index (Phi) is 5.79. The average molecular weight is 369 g/mol. The molecule has 0 fully saturated rings. The Labute approximate surface area is 158 Å². The van der Waals surface area contributed by atoms with Gasteiger partial charge in [-0.25, -0.2) is 0 Å². The number of carbonyl (C=O) groups is 1. The third kappa shape index (κ3) is 3.83. The van der Waals surface area contributed by atoms with Crippen LogP contribution >= 0.6 is 11.3 Å². The summed E-state index contributed by atoms with van der Waals surface area (Å²) in [6.07, 6.45) is 5.42. The summed E-state index contributed by atoms with van der Waals surface area (Å²) in [6, 6.07) is 9.90. The van der Waals surface area contributed by atoms with Crippen molar-refractivity contribution in [3.05, 3.63) is 40.3 Å². The van der Waals surface area contributed by atoms with Crippen molar-refractivity contribution in [3.63, 3.8) is 0 Å². The lowest BCUT2D eigenvalue weighted by atomic mass is 10.1. The first kappa shape index (κ1) is 18.3. The molecule has 26 heavy (non-hydrogen) atoms. The first-order valence-corrected chi connectivity index (χ1v) is 9.64. The molecule has 1 aromatic heterocycles. The Balaban J connectivity index is 1.73. The number of hydrogen-bond acceptors (Lipinski definition) is 5. The maximum Gasteiger partial charge on any atom is 0.244 e. The summed E-state index contributed by atoms with van der Waals surface area (Å²) in [7, 11) is 3.47. The first-order valence-electron chi connectivity index (χ1n) is 8.82. The molecule has 0 radical (unpaired) electrons. The van der Waals surface area contributed by atoms with Crippen LogP contribution in [0.3, 0.4) is 0 Å². The molecule has 1 aromatic carbocycles. The van der Waals surface area contributed by atoms with Gasteiger partial charge in [-0.05, 0) is 43.4 Å². The molecule has 0 aliphatic heterocycles. The molecule has 1 N–H and O–H groups in total. The molecule has 0 unspecified atom stereocenters. The number of amides is 1. The van der Waals surface area contributed by atoms with E-state index in [4.69, 9.17) is 4.74 Å². The van der Waals surface area contributed by atoms with E-state index in [2.05, 4.69) is 11.4 Å². The number of methoxy groups -OCH3 is 1. The van der Waals surface area contributed by atoms with Crippen LogP contribution in [-0.2, 0) is 17.6 Å². The summed E-state index contributed by atoms with van der Waals surface area (Å²) < 4.78 is 5.36. The largest absolute Gasteiger partial charge is 0.495 e. The number of carbonyl (C=O) groups excluding carboxylic acids is 1. The number of thiophene rings is 1. The van der Waals surface area contributed by atoms with E-state index < -0.39 is 0 Å². The van der Waals surface area contributed by atoms with E-state index in [9.17, 15) is 10.1 Å². The van der Waals surface area contributed by atoms with Crippen molar-refractivity contribution in [3.8, 4) is 11.8 Å². The van der Waals surface area contributed by atoms with Gasteiger partial charge in [0.05, 0.1) is 24.9 Å². The molecular weight excluding hydrogens is 346 g/mol. The highest BCUT2D eigenvalue weighted by Gasteiger charge is 2.21. The third-order valence-electron chi connectivity index (χ3n) is 4.66. The zero-order chi connectivity index (χ0) is 18.5. The van der Waals surface area contributed by atoms with Gasteiger partial charge in [-0.15, -0.1) is 11.3 Å². The molecule has 1 heterocycles. The van der Waals surface area contributed by atoms with Gasteiger partial charge in [0.2, 0.25) is 5.91 Å². The van der Waals surface area contributed by atoms with E-state index in [0.717, 1.165) is 42.7 Å². The summed E-state index contributed by atoms with van der Waals surface area (Å²) in [4.78, 5) is 15.7. The third-order valence-corrected chi connectivity index (χ3v) is 5.87. The van der Waals surface area contributed by atoms with E-state index in [-0.39, 0.29) is 12.5 Å². The van der Waals surface area contributed by atoms with Gasteiger partial charge >= 0.3 is 0 Å². The van der Waals surface area contributed by atoms with Crippen molar-refractivity contribution >= 4 is 27.9 Å². The Hall–Kier alpha value is -2.52. The smallest absolute Gasteiger partial charge is 0.244 e. The molecule has 136 valence electrons. The average Bonchev–Trinajstić information content (AvgIpc) is 2.80. The summed E-state index contributed by atoms with van der Waals surface area (Å²) in [5.74, 6) is 0.592. The van der Waals surface area contributed by atoms with Gasteiger partial charge in [-0.1, -0.05) is 18.6 Å². The lowest BCUT2D eigenvalue weighted by Gasteiger charge is -2.20. The van der Waals surface area contributed by atoms with Gasteiger partial charge in [-0.3, -0.25) is 4.79 Å². The number of anilines is 2. The SMILES string of the molecule is COc1ccccc1N(C)CC(=O)Nc1sc2c(c1C#N)CCCCC2. The Morgan fingerprint density at radius 1 is 1.31 bits per heavy atom. The van der Waals surface area contributed by atoms with Crippen molar-refractivity contribution in [1.29, 1.82) is 5.26 Å². The highest BCUT2D eigenvalue weighted by Crippen LogP contribution is 2.37. The minimum absolute atomic E-state index is 0.133. The molecule has 0 spiro atoms. The predicted octanol–water partition coefficient (Wildman–Crippen LogP) is 3.97. The van der Waals surface area contributed by atoms with E-state index in [0.29, 0.717) is 10.6 Å². The predicted molar refractivity (Wildman–Crippen MR) is 105 cm³/mol. The number of para-hydroxylation sites is 2. The fourth-order valence-electron chi connectivity index (χ4n) is 3.36. The van der Waals surface area contributed by atoms with Gasteiger partial charge in [0.1, 0.15) is 16.8 Å². The Morgan fingerprint density at radius 3 is 2.85 bits per heavy atom. The fourth-order valence-corrected chi connectivity index (χ4v) is 4.62. The number of nitrogens with one attached hydrogen (secondary N) is 1. The second kappa shape index (κ2) is 8.24. The van der Waals surface area contributed by atoms with E-state index in [1.807, 2.05) is 36.2 Å². The molecule has 0 bridgehead atoms. The molecule has 2 aromatic rings. The first-order chi connectivity index (χ1) is 12.6. The number of rotatable bonds is 5. The highest BCUT2D eigenvalue weighted by molar-refractivity contribution is 7.16. The summed E-state index contributed by atoms with van der Waals surface area (Å²) in [5.41, 5.74) is 2.65. The summed E-state index contributed by atoms with van der Waals surface area (Å²) in [6.45, 7) is 0.188. The van der Waals surface area contributed by atoms with Crippen molar-refractivity contribution in [2.75, 3.05) is 30.9 Å². The Morgan fingerprint density at radius 2 is 2.08 bits per heavy atom. The van der Waals surface area contributed by atoms with E-state index in [1.54, 1.807) is 18.4 Å². The quantitative estimate of drug-likeness (QED) is 0.810. The van der Waals surface area contributed by atoms with Crippen LogP contribution in [0.5, 0.6) is 5.75 Å².